The lowest BCUT2D eigenvalue weighted by Gasteiger charge is -2.27. The van der Waals surface area contributed by atoms with Crippen LogP contribution in [0.5, 0.6) is 5.75 Å². The van der Waals surface area contributed by atoms with Gasteiger partial charge in [-0.2, -0.15) is 0 Å². The number of hydrogen-bond acceptors (Lipinski definition) is 3. The van der Waals surface area contributed by atoms with E-state index in [0.717, 1.165) is 25.1 Å². The van der Waals surface area contributed by atoms with Gasteiger partial charge >= 0.3 is 0 Å². The fourth-order valence-corrected chi connectivity index (χ4v) is 2.33. The molecule has 108 valence electrons. The van der Waals surface area contributed by atoms with Crippen molar-refractivity contribution in [3.63, 3.8) is 0 Å². The SMILES string of the molecule is CCCC(OC)C(NCC)c1ccc(OCC)cc1. The first-order chi connectivity index (χ1) is 9.26. The molecule has 0 aliphatic carbocycles. The van der Waals surface area contributed by atoms with Crippen LogP contribution in [0.4, 0.5) is 0 Å². The third-order valence-corrected chi connectivity index (χ3v) is 3.22. The van der Waals surface area contributed by atoms with E-state index >= 15 is 0 Å². The Morgan fingerprint density at radius 1 is 1.11 bits per heavy atom. The minimum absolute atomic E-state index is 0.211. The van der Waals surface area contributed by atoms with E-state index in [4.69, 9.17) is 9.47 Å². The van der Waals surface area contributed by atoms with Crippen molar-refractivity contribution in [2.24, 2.45) is 0 Å². The number of likely N-dealkylation sites (N-methyl/N-ethyl adjacent to an activating group) is 1. The summed E-state index contributed by atoms with van der Waals surface area (Å²) in [5, 5.41) is 3.52. The molecule has 1 rings (SSSR count). The lowest BCUT2D eigenvalue weighted by Crippen LogP contribution is -2.33. The Kier molecular flexibility index (Phi) is 7.53. The molecule has 0 aliphatic rings. The second-order valence-electron chi connectivity index (χ2n) is 4.60. The average Bonchev–Trinajstić information content (AvgIpc) is 2.44. The van der Waals surface area contributed by atoms with Gasteiger partial charge in [-0.05, 0) is 37.6 Å². The van der Waals surface area contributed by atoms with Crippen LogP contribution < -0.4 is 10.1 Å². The molecule has 1 aromatic rings. The molecule has 0 spiro atoms. The Morgan fingerprint density at radius 3 is 2.26 bits per heavy atom. The first-order valence-corrected chi connectivity index (χ1v) is 7.25. The highest BCUT2D eigenvalue weighted by molar-refractivity contribution is 5.29. The van der Waals surface area contributed by atoms with E-state index in [1.54, 1.807) is 7.11 Å². The number of rotatable bonds is 9. The van der Waals surface area contributed by atoms with Gasteiger partial charge in [0, 0.05) is 7.11 Å². The molecule has 3 nitrogen and oxygen atoms in total. The zero-order chi connectivity index (χ0) is 14.1. The van der Waals surface area contributed by atoms with Gasteiger partial charge < -0.3 is 14.8 Å². The molecule has 0 amide bonds. The zero-order valence-corrected chi connectivity index (χ0v) is 12.6. The molecular weight excluding hydrogens is 238 g/mol. The number of hydrogen-bond donors (Lipinski definition) is 1. The predicted molar refractivity (Wildman–Crippen MR) is 79.7 cm³/mol. The van der Waals surface area contributed by atoms with Gasteiger partial charge in [0.05, 0.1) is 18.8 Å². The van der Waals surface area contributed by atoms with Gasteiger partial charge in [-0.25, -0.2) is 0 Å². The van der Waals surface area contributed by atoms with Crippen molar-refractivity contribution < 1.29 is 9.47 Å². The smallest absolute Gasteiger partial charge is 0.119 e. The molecule has 19 heavy (non-hydrogen) atoms. The van der Waals surface area contributed by atoms with E-state index in [2.05, 4.69) is 31.3 Å². The summed E-state index contributed by atoms with van der Waals surface area (Å²) in [7, 11) is 1.79. The van der Waals surface area contributed by atoms with Crippen LogP contribution in [0.1, 0.15) is 45.2 Å². The Hall–Kier alpha value is -1.06. The van der Waals surface area contributed by atoms with Gasteiger partial charge in [0.15, 0.2) is 0 Å². The highest BCUT2D eigenvalue weighted by Gasteiger charge is 2.21. The normalized spacial score (nSPS) is 14.1. The molecule has 0 saturated carbocycles. The van der Waals surface area contributed by atoms with Crippen molar-refractivity contribution in [2.45, 2.75) is 45.8 Å². The van der Waals surface area contributed by atoms with E-state index in [-0.39, 0.29) is 12.1 Å². The topological polar surface area (TPSA) is 30.5 Å². The summed E-state index contributed by atoms with van der Waals surface area (Å²) < 4.78 is 11.1. The summed E-state index contributed by atoms with van der Waals surface area (Å²) in [6.45, 7) is 7.94. The Balaban J connectivity index is 2.84. The molecule has 2 unspecified atom stereocenters. The maximum absolute atomic E-state index is 5.64. The van der Waals surface area contributed by atoms with Crippen LogP contribution in [0.15, 0.2) is 24.3 Å². The summed E-state index contributed by atoms with van der Waals surface area (Å²) >= 11 is 0. The first kappa shape index (κ1) is 16.0. The molecule has 0 heterocycles. The Morgan fingerprint density at radius 2 is 1.79 bits per heavy atom. The fraction of sp³-hybridized carbons (Fsp3) is 0.625. The third kappa shape index (κ3) is 4.84. The summed E-state index contributed by atoms with van der Waals surface area (Å²) in [6, 6.07) is 8.55. The van der Waals surface area contributed by atoms with Crippen LogP contribution in [-0.2, 0) is 4.74 Å². The second kappa shape index (κ2) is 8.94. The third-order valence-electron chi connectivity index (χ3n) is 3.22. The molecule has 2 atom stereocenters. The zero-order valence-electron chi connectivity index (χ0n) is 12.6. The van der Waals surface area contributed by atoms with Crippen molar-refractivity contribution >= 4 is 0 Å². The molecule has 0 aromatic heterocycles. The fourth-order valence-electron chi connectivity index (χ4n) is 2.33. The lowest BCUT2D eigenvalue weighted by molar-refractivity contribution is 0.0611. The van der Waals surface area contributed by atoms with Crippen molar-refractivity contribution in [3.05, 3.63) is 29.8 Å². The van der Waals surface area contributed by atoms with E-state index in [1.807, 2.05) is 19.1 Å². The number of nitrogens with one attached hydrogen (secondary N) is 1. The Labute approximate surface area is 117 Å². The molecule has 0 bridgehead atoms. The van der Waals surface area contributed by atoms with Crippen LogP contribution in [0.2, 0.25) is 0 Å². The van der Waals surface area contributed by atoms with Crippen molar-refractivity contribution in [1.82, 2.24) is 5.32 Å². The van der Waals surface area contributed by atoms with Gasteiger partial charge in [0.1, 0.15) is 5.75 Å². The summed E-state index contributed by atoms with van der Waals surface area (Å²) in [5.41, 5.74) is 1.26. The summed E-state index contributed by atoms with van der Waals surface area (Å²) in [5.74, 6) is 0.922. The monoisotopic (exact) mass is 265 g/mol. The number of methoxy groups -OCH3 is 1. The van der Waals surface area contributed by atoms with Crippen LogP contribution in [0.3, 0.4) is 0 Å². The van der Waals surface area contributed by atoms with Gasteiger partial charge in [-0.3, -0.25) is 0 Å². The average molecular weight is 265 g/mol. The van der Waals surface area contributed by atoms with Crippen LogP contribution in [0, 0.1) is 0 Å². The predicted octanol–water partition coefficient (Wildman–Crippen LogP) is 3.55. The number of ether oxygens (including phenoxy) is 2. The summed E-state index contributed by atoms with van der Waals surface area (Å²) in [4.78, 5) is 0. The van der Waals surface area contributed by atoms with E-state index in [9.17, 15) is 0 Å². The van der Waals surface area contributed by atoms with Crippen molar-refractivity contribution in [3.8, 4) is 5.75 Å². The maximum atomic E-state index is 5.64. The van der Waals surface area contributed by atoms with Crippen LogP contribution >= 0.6 is 0 Å². The highest BCUT2D eigenvalue weighted by atomic mass is 16.5. The molecule has 3 heteroatoms. The van der Waals surface area contributed by atoms with Gasteiger partial charge in [0.25, 0.3) is 0 Å². The summed E-state index contributed by atoms with van der Waals surface area (Å²) in [6.07, 6.45) is 2.39. The minimum atomic E-state index is 0.211. The van der Waals surface area contributed by atoms with E-state index < -0.39 is 0 Å². The largest absolute Gasteiger partial charge is 0.494 e. The van der Waals surface area contributed by atoms with Crippen LogP contribution in [-0.4, -0.2) is 26.4 Å². The van der Waals surface area contributed by atoms with E-state index in [0.29, 0.717) is 6.61 Å². The molecule has 0 saturated heterocycles. The second-order valence-corrected chi connectivity index (χ2v) is 4.60. The molecular formula is C16H27NO2. The molecule has 0 fully saturated rings. The molecule has 1 aromatic carbocycles. The standard InChI is InChI=1S/C16H27NO2/c1-5-8-15(18-4)16(17-6-2)13-9-11-14(12-10-13)19-7-3/h9-12,15-17H,5-8H2,1-4H3. The maximum Gasteiger partial charge on any atom is 0.119 e. The Bertz CT molecular complexity index is 337. The quantitative estimate of drug-likeness (QED) is 0.740. The van der Waals surface area contributed by atoms with Crippen LogP contribution in [0.25, 0.3) is 0 Å². The van der Waals surface area contributed by atoms with Gasteiger partial charge in [0.2, 0.25) is 0 Å². The van der Waals surface area contributed by atoms with Gasteiger partial charge in [-0.1, -0.05) is 32.4 Å². The molecule has 0 aliphatic heterocycles. The van der Waals surface area contributed by atoms with Gasteiger partial charge in [-0.15, -0.1) is 0 Å². The minimum Gasteiger partial charge on any atom is -0.494 e. The highest BCUT2D eigenvalue weighted by Crippen LogP contribution is 2.24. The molecule has 0 radical (unpaired) electrons. The number of benzene rings is 1. The lowest BCUT2D eigenvalue weighted by atomic mass is 9.98. The molecule has 1 N–H and O–H groups in total. The van der Waals surface area contributed by atoms with E-state index in [1.165, 1.54) is 5.56 Å². The first-order valence-electron chi connectivity index (χ1n) is 7.25. The van der Waals surface area contributed by atoms with Crippen molar-refractivity contribution in [2.75, 3.05) is 20.3 Å². The van der Waals surface area contributed by atoms with Crippen molar-refractivity contribution in [1.29, 1.82) is 0 Å².